The lowest BCUT2D eigenvalue weighted by Gasteiger charge is -2.09. The topological polar surface area (TPSA) is 92.9 Å². The van der Waals surface area contributed by atoms with Gasteiger partial charge in [-0.05, 0) is 12.1 Å². The highest BCUT2D eigenvalue weighted by atomic mass is 16.5. The first kappa shape index (κ1) is 13.0. The van der Waals surface area contributed by atoms with Gasteiger partial charge in [0, 0.05) is 6.20 Å². The molecular weight excluding hydrogens is 250 g/mol. The third kappa shape index (κ3) is 2.71. The monoisotopic (exact) mass is 263 g/mol. The predicted molar refractivity (Wildman–Crippen MR) is 65.5 cm³/mol. The van der Waals surface area contributed by atoms with Crippen LogP contribution in [0.25, 0.3) is 5.52 Å². The molecule has 0 saturated carbocycles. The molecule has 100 valence electrons. The van der Waals surface area contributed by atoms with Crippen LogP contribution in [0.5, 0.6) is 0 Å². The van der Waals surface area contributed by atoms with E-state index in [0.29, 0.717) is 11.1 Å². The Hall–Kier alpha value is -2.41. The minimum atomic E-state index is -1.38. The molecule has 0 saturated heterocycles. The lowest BCUT2D eigenvalue weighted by Crippen LogP contribution is -2.37. The number of nitrogens with one attached hydrogen (secondary N) is 1. The second-order valence-electron chi connectivity index (χ2n) is 3.84. The lowest BCUT2D eigenvalue weighted by molar-refractivity contribution is -0.149. The van der Waals surface area contributed by atoms with E-state index < -0.39 is 18.0 Å². The van der Waals surface area contributed by atoms with Crippen LogP contribution in [0.15, 0.2) is 30.6 Å². The van der Waals surface area contributed by atoms with Crippen molar-refractivity contribution < 1.29 is 19.4 Å². The van der Waals surface area contributed by atoms with E-state index in [-0.39, 0.29) is 6.54 Å². The fourth-order valence-electron chi connectivity index (χ4n) is 1.61. The Kier molecular flexibility index (Phi) is 3.76. The molecule has 2 aromatic rings. The Balaban J connectivity index is 2.06. The van der Waals surface area contributed by atoms with Gasteiger partial charge < -0.3 is 15.2 Å². The number of carbonyl (C=O) groups excluding carboxylic acids is 2. The number of nitrogens with zero attached hydrogens (tertiary/aromatic N) is 2. The van der Waals surface area contributed by atoms with Crippen LogP contribution < -0.4 is 5.32 Å². The zero-order valence-electron chi connectivity index (χ0n) is 10.2. The van der Waals surface area contributed by atoms with Crippen molar-refractivity contribution in [3.63, 3.8) is 0 Å². The van der Waals surface area contributed by atoms with Crippen molar-refractivity contribution >= 4 is 17.4 Å². The summed E-state index contributed by atoms with van der Waals surface area (Å²) in [5.74, 6) is -1.20. The van der Waals surface area contributed by atoms with Crippen LogP contribution in [0, 0.1) is 0 Å². The number of methoxy groups -OCH3 is 1. The van der Waals surface area contributed by atoms with Crippen molar-refractivity contribution in [2.75, 3.05) is 13.7 Å². The van der Waals surface area contributed by atoms with Crippen molar-refractivity contribution in [1.29, 1.82) is 0 Å². The molecule has 0 bridgehead atoms. The SMILES string of the molecule is COC(=O)C(O)CNC(=O)c1cnn2ccccc12. The smallest absolute Gasteiger partial charge is 0.336 e. The van der Waals surface area contributed by atoms with Gasteiger partial charge in [0.1, 0.15) is 0 Å². The first-order valence-electron chi connectivity index (χ1n) is 5.60. The van der Waals surface area contributed by atoms with Gasteiger partial charge in [0.15, 0.2) is 6.10 Å². The second-order valence-corrected chi connectivity index (χ2v) is 3.84. The van der Waals surface area contributed by atoms with Crippen LogP contribution in [-0.4, -0.2) is 46.4 Å². The van der Waals surface area contributed by atoms with Gasteiger partial charge >= 0.3 is 5.97 Å². The molecule has 1 unspecified atom stereocenters. The zero-order valence-corrected chi connectivity index (χ0v) is 10.2. The molecule has 7 heteroatoms. The number of aliphatic hydroxyl groups excluding tert-OH is 1. The Morgan fingerprint density at radius 3 is 3.05 bits per heavy atom. The summed E-state index contributed by atoms with van der Waals surface area (Å²) < 4.78 is 5.91. The first-order chi connectivity index (χ1) is 9.13. The van der Waals surface area contributed by atoms with Crippen molar-refractivity contribution in [3.8, 4) is 0 Å². The van der Waals surface area contributed by atoms with Gasteiger partial charge in [-0.3, -0.25) is 4.79 Å². The molecule has 7 nitrogen and oxygen atoms in total. The number of fused-ring (bicyclic) bond motifs is 1. The van der Waals surface area contributed by atoms with Crippen LogP contribution in [0.4, 0.5) is 0 Å². The Labute approximate surface area is 108 Å². The number of amides is 1. The number of hydrogen-bond acceptors (Lipinski definition) is 5. The van der Waals surface area contributed by atoms with E-state index in [9.17, 15) is 14.7 Å². The molecule has 1 amide bonds. The molecule has 0 aromatic carbocycles. The maximum Gasteiger partial charge on any atom is 0.336 e. The van der Waals surface area contributed by atoms with Crippen LogP contribution in [0.1, 0.15) is 10.4 Å². The van der Waals surface area contributed by atoms with Gasteiger partial charge in [0.05, 0.1) is 30.9 Å². The summed E-state index contributed by atoms with van der Waals surface area (Å²) in [5.41, 5.74) is 1.02. The van der Waals surface area contributed by atoms with E-state index in [2.05, 4.69) is 15.2 Å². The first-order valence-corrected chi connectivity index (χ1v) is 5.60. The van der Waals surface area contributed by atoms with Crippen LogP contribution in [-0.2, 0) is 9.53 Å². The number of hydrogen-bond donors (Lipinski definition) is 2. The van der Waals surface area contributed by atoms with E-state index in [4.69, 9.17) is 0 Å². The Morgan fingerprint density at radius 2 is 2.32 bits per heavy atom. The van der Waals surface area contributed by atoms with Gasteiger partial charge in [0.25, 0.3) is 5.91 Å². The van der Waals surface area contributed by atoms with Gasteiger partial charge in [-0.25, -0.2) is 9.31 Å². The normalized spacial score (nSPS) is 12.1. The van der Waals surface area contributed by atoms with Crippen LogP contribution in [0.2, 0.25) is 0 Å². The molecule has 0 aliphatic heterocycles. The molecule has 0 aliphatic carbocycles. The molecule has 2 aromatic heterocycles. The average Bonchev–Trinajstić information content (AvgIpc) is 2.87. The lowest BCUT2D eigenvalue weighted by atomic mass is 10.2. The molecule has 0 fully saturated rings. The number of ether oxygens (including phenoxy) is 1. The minimum absolute atomic E-state index is 0.213. The molecule has 0 radical (unpaired) electrons. The van der Waals surface area contributed by atoms with E-state index in [0.717, 1.165) is 0 Å². The fourth-order valence-corrected chi connectivity index (χ4v) is 1.61. The van der Waals surface area contributed by atoms with Crippen molar-refractivity contribution in [1.82, 2.24) is 14.9 Å². The summed E-state index contributed by atoms with van der Waals surface area (Å²) in [6, 6.07) is 5.33. The number of esters is 1. The Bertz CT molecular complexity index is 608. The van der Waals surface area contributed by atoms with Crippen molar-refractivity contribution in [2.24, 2.45) is 0 Å². The molecule has 2 rings (SSSR count). The number of pyridine rings is 1. The third-order valence-electron chi connectivity index (χ3n) is 2.60. The highest BCUT2D eigenvalue weighted by Crippen LogP contribution is 2.09. The molecule has 1 atom stereocenters. The zero-order chi connectivity index (χ0) is 13.8. The summed E-state index contributed by atoms with van der Waals surface area (Å²) in [6.07, 6.45) is 1.76. The van der Waals surface area contributed by atoms with E-state index in [1.807, 2.05) is 0 Å². The molecule has 0 aliphatic rings. The quantitative estimate of drug-likeness (QED) is 0.732. The van der Waals surface area contributed by atoms with Crippen LogP contribution >= 0.6 is 0 Å². The number of aliphatic hydroxyl groups is 1. The van der Waals surface area contributed by atoms with Crippen molar-refractivity contribution in [2.45, 2.75) is 6.10 Å². The molecule has 2 heterocycles. The maximum absolute atomic E-state index is 11.9. The highest BCUT2D eigenvalue weighted by Gasteiger charge is 2.18. The molecule has 19 heavy (non-hydrogen) atoms. The molecular formula is C12H13N3O4. The molecule has 2 N–H and O–H groups in total. The summed E-state index contributed by atoms with van der Waals surface area (Å²) >= 11 is 0. The van der Waals surface area contributed by atoms with Gasteiger partial charge in [-0.2, -0.15) is 5.10 Å². The van der Waals surface area contributed by atoms with Crippen LogP contribution in [0.3, 0.4) is 0 Å². The Morgan fingerprint density at radius 1 is 1.53 bits per heavy atom. The predicted octanol–water partition coefficient (Wildman–Crippen LogP) is -0.402. The van der Waals surface area contributed by atoms with Gasteiger partial charge in [0.2, 0.25) is 0 Å². The van der Waals surface area contributed by atoms with E-state index in [1.54, 1.807) is 28.9 Å². The summed E-state index contributed by atoms with van der Waals surface area (Å²) in [6.45, 7) is -0.213. The van der Waals surface area contributed by atoms with Gasteiger partial charge in [-0.1, -0.05) is 6.07 Å². The summed E-state index contributed by atoms with van der Waals surface area (Å²) in [5, 5.41) is 15.8. The summed E-state index contributed by atoms with van der Waals surface area (Å²) in [4.78, 5) is 22.9. The molecule has 0 spiro atoms. The second kappa shape index (κ2) is 5.49. The summed E-state index contributed by atoms with van der Waals surface area (Å²) in [7, 11) is 1.17. The van der Waals surface area contributed by atoms with E-state index in [1.165, 1.54) is 13.3 Å². The fraction of sp³-hybridized carbons (Fsp3) is 0.250. The largest absolute Gasteiger partial charge is 0.467 e. The van der Waals surface area contributed by atoms with E-state index >= 15 is 0 Å². The van der Waals surface area contributed by atoms with Crippen molar-refractivity contribution in [3.05, 3.63) is 36.2 Å². The number of carbonyl (C=O) groups is 2. The highest BCUT2D eigenvalue weighted by molar-refractivity contribution is 6.00. The third-order valence-corrected chi connectivity index (χ3v) is 2.60. The average molecular weight is 263 g/mol. The standard InChI is InChI=1S/C12H13N3O4/c1-19-12(18)10(16)7-13-11(17)8-6-14-15-5-3-2-4-9(8)15/h2-6,10,16H,7H2,1H3,(H,13,17). The maximum atomic E-state index is 11.9. The number of aromatic nitrogens is 2. The number of rotatable bonds is 4. The van der Waals surface area contributed by atoms with Gasteiger partial charge in [-0.15, -0.1) is 0 Å². The minimum Gasteiger partial charge on any atom is -0.467 e.